The number of carbonyl (C=O) groups excluding carboxylic acids is 1. The van der Waals surface area contributed by atoms with Crippen LogP contribution in [0.25, 0.3) is 10.4 Å². The van der Waals surface area contributed by atoms with Gasteiger partial charge in [-0.1, -0.05) is 40.9 Å². The summed E-state index contributed by atoms with van der Waals surface area (Å²) in [5.74, 6) is 0.218. The molecule has 3 aromatic rings. The molecule has 1 aromatic carbocycles. The predicted octanol–water partition coefficient (Wildman–Crippen LogP) is 5.57. The summed E-state index contributed by atoms with van der Waals surface area (Å²) in [6, 6.07) is 10.8. The van der Waals surface area contributed by atoms with E-state index in [2.05, 4.69) is 10.3 Å². The number of nitrogens with zero attached hydrogens (tertiary/aromatic N) is 1. The van der Waals surface area contributed by atoms with E-state index >= 15 is 0 Å². The Morgan fingerprint density at radius 1 is 1.16 bits per heavy atom. The van der Waals surface area contributed by atoms with Gasteiger partial charge in [0, 0.05) is 16.0 Å². The molecular weight excluding hydrogens is 377 g/mol. The number of aryl methyl sites for hydroxylation is 2. The Hall–Kier alpha value is -2.08. The second-order valence-corrected chi connectivity index (χ2v) is 7.73. The molecule has 0 aliphatic heterocycles. The van der Waals surface area contributed by atoms with Gasteiger partial charge in [0.1, 0.15) is 5.82 Å². The van der Waals surface area contributed by atoms with Gasteiger partial charge in [-0.3, -0.25) is 4.79 Å². The maximum atomic E-state index is 12.3. The third-order valence-electron chi connectivity index (χ3n) is 3.68. The van der Waals surface area contributed by atoms with Gasteiger partial charge in [-0.15, -0.1) is 11.3 Å². The number of benzene rings is 1. The zero-order valence-corrected chi connectivity index (χ0v) is 15.9. The number of thiophene rings is 1. The van der Waals surface area contributed by atoms with Gasteiger partial charge in [0.25, 0.3) is 5.91 Å². The van der Waals surface area contributed by atoms with E-state index in [1.165, 1.54) is 11.3 Å². The molecule has 4 nitrogen and oxygen atoms in total. The standard InChI is InChI=1S/C18H15Cl2N3OS/c1-9-3-5-11(6-4-9)18(24)23-17-13(19)8-12(16(21)22-17)15-10(2)7-14(20)25-15/h3-8H,1-2H3,(H3,21,22,23,24). The Bertz CT molecular complexity index is 952. The van der Waals surface area contributed by atoms with Crippen LogP contribution in [0.5, 0.6) is 0 Å². The summed E-state index contributed by atoms with van der Waals surface area (Å²) >= 11 is 13.8. The number of pyridine rings is 1. The van der Waals surface area contributed by atoms with Crippen LogP contribution < -0.4 is 11.1 Å². The molecule has 0 spiro atoms. The average molecular weight is 392 g/mol. The summed E-state index contributed by atoms with van der Waals surface area (Å²) in [5, 5.41) is 3.01. The summed E-state index contributed by atoms with van der Waals surface area (Å²) in [6.45, 7) is 3.90. The monoisotopic (exact) mass is 391 g/mol. The molecule has 0 atom stereocenters. The number of nitrogens with one attached hydrogen (secondary N) is 1. The van der Waals surface area contributed by atoms with Gasteiger partial charge in [-0.05, 0) is 43.7 Å². The van der Waals surface area contributed by atoms with E-state index in [1.807, 2.05) is 32.0 Å². The number of aromatic nitrogens is 1. The van der Waals surface area contributed by atoms with E-state index in [4.69, 9.17) is 28.9 Å². The number of hydrogen-bond donors (Lipinski definition) is 2. The smallest absolute Gasteiger partial charge is 0.256 e. The lowest BCUT2D eigenvalue weighted by Gasteiger charge is -2.11. The maximum Gasteiger partial charge on any atom is 0.256 e. The van der Waals surface area contributed by atoms with Gasteiger partial charge in [0.2, 0.25) is 0 Å². The zero-order chi connectivity index (χ0) is 18.1. The second-order valence-electron chi connectivity index (χ2n) is 5.63. The number of nitrogens with two attached hydrogens (primary N) is 1. The number of carbonyl (C=O) groups is 1. The van der Waals surface area contributed by atoms with Crippen LogP contribution in [0, 0.1) is 13.8 Å². The molecule has 0 aliphatic rings. The molecule has 3 rings (SSSR count). The molecule has 1 amide bonds. The minimum Gasteiger partial charge on any atom is -0.383 e. The van der Waals surface area contributed by atoms with Crippen molar-refractivity contribution in [1.82, 2.24) is 4.98 Å². The summed E-state index contributed by atoms with van der Waals surface area (Å²) in [5.41, 5.74) is 9.37. The summed E-state index contributed by atoms with van der Waals surface area (Å²) in [6.07, 6.45) is 0. The Morgan fingerprint density at radius 3 is 2.44 bits per heavy atom. The predicted molar refractivity (Wildman–Crippen MR) is 106 cm³/mol. The summed E-state index contributed by atoms with van der Waals surface area (Å²) in [7, 11) is 0. The maximum absolute atomic E-state index is 12.3. The number of hydrogen-bond acceptors (Lipinski definition) is 4. The first-order valence-electron chi connectivity index (χ1n) is 7.45. The number of anilines is 2. The van der Waals surface area contributed by atoms with Crippen LogP contribution in [0.2, 0.25) is 9.36 Å². The summed E-state index contributed by atoms with van der Waals surface area (Å²) < 4.78 is 0.666. The third-order valence-corrected chi connectivity index (χ3v) is 5.37. The number of amides is 1. The van der Waals surface area contributed by atoms with Gasteiger partial charge in [0.05, 0.1) is 9.36 Å². The van der Waals surface area contributed by atoms with Crippen LogP contribution in [-0.2, 0) is 0 Å². The number of rotatable bonds is 3. The van der Waals surface area contributed by atoms with Crippen molar-refractivity contribution >= 4 is 52.1 Å². The van der Waals surface area contributed by atoms with Crippen LogP contribution in [-0.4, -0.2) is 10.9 Å². The van der Waals surface area contributed by atoms with Crippen molar-refractivity contribution in [3.63, 3.8) is 0 Å². The van der Waals surface area contributed by atoms with E-state index in [9.17, 15) is 4.79 Å². The largest absolute Gasteiger partial charge is 0.383 e. The highest BCUT2D eigenvalue weighted by Gasteiger charge is 2.16. The van der Waals surface area contributed by atoms with Crippen molar-refractivity contribution in [3.8, 4) is 10.4 Å². The minimum atomic E-state index is -0.295. The first-order chi connectivity index (χ1) is 11.8. The second kappa shape index (κ2) is 7.04. The topological polar surface area (TPSA) is 68.0 Å². The first-order valence-corrected chi connectivity index (χ1v) is 9.02. The SMILES string of the molecule is Cc1ccc(C(=O)Nc2nc(N)c(-c3sc(Cl)cc3C)cc2Cl)cc1. The fourth-order valence-corrected chi connectivity index (χ4v) is 3.89. The van der Waals surface area contributed by atoms with E-state index in [-0.39, 0.29) is 17.5 Å². The van der Waals surface area contributed by atoms with Crippen molar-refractivity contribution in [1.29, 1.82) is 0 Å². The molecule has 3 N–H and O–H groups in total. The molecule has 0 bridgehead atoms. The lowest BCUT2D eigenvalue weighted by Crippen LogP contribution is -2.14. The highest BCUT2D eigenvalue weighted by molar-refractivity contribution is 7.19. The van der Waals surface area contributed by atoms with Gasteiger partial charge in [0.15, 0.2) is 5.82 Å². The fourth-order valence-electron chi connectivity index (χ4n) is 2.37. The van der Waals surface area contributed by atoms with Gasteiger partial charge >= 0.3 is 0 Å². The van der Waals surface area contributed by atoms with E-state index in [1.54, 1.807) is 18.2 Å². The van der Waals surface area contributed by atoms with Crippen molar-refractivity contribution in [3.05, 3.63) is 62.4 Å². The molecule has 7 heteroatoms. The quantitative estimate of drug-likeness (QED) is 0.613. The van der Waals surface area contributed by atoms with E-state index in [0.29, 0.717) is 20.5 Å². The number of halogens is 2. The molecule has 0 unspecified atom stereocenters. The van der Waals surface area contributed by atoms with Gasteiger partial charge in [-0.2, -0.15) is 0 Å². The highest BCUT2D eigenvalue weighted by atomic mass is 35.5. The first kappa shape index (κ1) is 17.7. The molecule has 128 valence electrons. The van der Waals surface area contributed by atoms with Crippen LogP contribution in [0.15, 0.2) is 36.4 Å². The molecule has 25 heavy (non-hydrogen) atoms. The Labute approximate surface area is 159 Å². The molecule has 0 saturated heterocycles. The highest BCUT2D eigenvalue weighted by Crippen LogP contribution is 2.39. The van der Waals surface area contributed by atoms with E-state index < -0.39 is 0 Å². The van der Waals surface area contributed by atoms with Crippen molar-refractivity contribution in [2.75, 3.05) is 11.1 Å². The Kier molecular flexibility index (Phi) is 4.99. The van der Waals surface area contributed by atoms with Gasteiger partial charge < -0.3 is 11.1 Å². The Balaban J connectivity index is 1.91. The lowest BCUT2D eigenvalue weighted by atomic mass is 10.1. The normalized spacial score (nSPS) is 10.7. The van der Waals surface area contributed by atoms with Crippen molar-refractivity contribution < 1.29 is 4.79 Å². The summed E-state index contributed by atoms with van der Waals surface area (Å²) in [4.78, 5) is 17.5. The van der Waals surface area contributed by atoms with Crippen LogP contribution in [0.4, 0.5) is 11.6 Å². The van der Waals surface area contributed by atoms with Crippen LogP contribution in [0.3, 0.4) is 0 Å². The molecule has 0 saturated carbocycles. The Morgan fingerprint density at radius 2 is 1.84 bits per heavy atom. The van der Waals surface area contributed by atoms with Gasteiger partial charge in [-0.25, -0.2) is 4.98 Å². The lowest BCUT2D eigenvalue weighted by molar-refractivity contribution is 0.102. The fraction of sp³-hybridized carbons (Fsp3) is 0.111. The van der Waals surface area contributed by atoms with Crippen LogP contribution in [0.1, 0.15) is 21.5 Å². The molecule has 0 aliphatic carbocycles. The molecule has 2 aromatic heterocycles. The molecular formula is C18H15Cl2N3OS. The third kappa shape index (κ3) is 3.79. The van der Waals surface area contributed by atoms with Crippen molar-refractivity contribution in [2.24, 2.45) is 0 Å². The molecule has 0 radical (unpaired) electrons. The van der Waals surface area contributed by atoms with Crippen LogP contribution >= 0.6 is 34.5 Å². The van der Waals surface area contributed by atoms with E-state index in [0.717, 1.165) is 16.0 Å². The van der Waals surface area contributed by atoms with Crippen molar-refractivity contribution in [2.45, 2.75) is 13.8 Å². The zero-order valence-electron chi connectivity index (χ0n) is 13.6. The molecule has 0 fully saturated rings. The number of nitrogen functional groups attached to an aromatic ring is 1. The average Bonchev–Trinajstić information content (AvgIpc) is 2.89. The minimum absolute atomic E-state index is 0.230. The molecule has 2 heterocycles.